The number of carbonyl (C=O) groups excluding carboxylic acids is 2. The van der Waals surface area contributed by atoms with Crippen LogP contribution >= 0.6 is 11.3 Å². The van der Waals surface area contributed by atoms with Gasteiger partial charge in [0.2, 0.25) is 0 Å². The fourth-order valence-electron chi connectivity index (χ4n) is 0.799. The van der Waals surface area contributed by atoms with Crippen molar-refractivity contribution in [3.63, 3.8) is 0 Å². The van der Waals surface area contributed by atoms with E-state index in [0.717, 1.165) is 18.1 Å². The molecule has 0 N–H and O–H groups in total. The maximum Gasteiger partial charge on any atom is 0.151 e. The topological polar surface area (TPSA) is 34.1 Å². The van der Waals surface area contributed by atoms with Crippen LogP contribution in [-0.2, 0) is 4.79 Å². The first kappa shape index (κ1) is 8.87. The largest absolute Gasteiger partial charge is 0.303 e. The zero-order chi connectivity index (χ0) is 8.81. The molecule has 0 atom stereocenters. The summed E-state index contributed by atoms with van der Waals surface area (Å²) < 4.78 is 0. The van der Waals surface area contributed by atoms with Crippen molar-refractivity contribution in [3.8, 4) is 0 Å². The molecule has 62 valence electrons. The number of rotatable bonds is 4. The first-order valence-corrected chi connectivity index (χ1v) is 4.44. The lowest BCUT2D eigenvalue weighted by atomic mass is 10.2. The Labute approximate surface area is 74.5 Å². The van der Waals surface area contributed by atoms with Crippen molar-refractivity contribution in [1.82, 2.24) is 0 Å². The lowest BCUT2D eigenvalue weighted by Crippen LogP contribution is -1.77. The average Bonchev–Trinajstić information content (AvgIpc) is 2.52. The van der Waals surface area contributed by atoms with E-state index in [2.05, 4.69) is 0 Å². The number of aldehydes is 2. The van der Waals surface area contributed by atoms with Crippen LogP contribution in [0.2, 0.25) is 0 Å². The molecule has 1 rings (SSSR count). The SMILES string of the molecule is O=CCC=Cc1cscc1C=O. The van der Waals surface area contributed by atoms with E-state index in [0.29, 0.717) is 12.0 Å². The third kappa shape index (κ3) is 2.13. The molecule has 0 aliphatic heterocycles. The Morgan fingerprint density at radius 2 is 2.00 bits per heavy atom. The molecule has 0 aromatic carbocycles. The summed E-state index contributed by atoms with van der Waals surface area (Å²) in [6.45, 7) is 0. The molecule has 0 fully saturated rings. The fraction of sp³-hybridized carbons (Fsp3) is 0.111. The summed E-state index contributed by atoms with van der Waals surface area (Å²) in [5.41, 5.74) is 1.57. The van der Waals surface area contributed by atoms with E-state index >= 15 is 0 Å². The molecular weight excluding hydrogens is 172 g/mol. The molecule has 0 bridgehead atoms. The highest BCUT2D eigenvalue weighted by Gasteiger charge is 1.96. The maximum atomic E-state index is 10.4. The zero-order valence-corrected chi connectivity index (χ0v) is 7.21. The molecule has 1 aromatic heterocycles. The summed E-state index contributed by atoms with van der Waals surface area (Å²) in [4.78, 5) is 20.4. The molecule has 0 spiro atoms. The average molecular weight is 180 g/mol. The molecule has 0 amide bonds. The normalized spacial score (nSPS) is 10.3. The molecule has 1 heterocycles. The minimum absolute atomic E-state index is 0.397. The molecule has 0 unspecified atom stereocenters. The van der Waals surface area contributed by atoms with Crippen LogP contribution in [0.25, 0.3) is 6.08 Å². The smallest absolute Gasteiger partial charge is 0.151 e. The molecule has 1 aromatic rings. The van der Waals surface area contributed by atoms with E-state index in [4.69, 9.17) is 0 Å². The van der Waals surface area contributed by atoms with E-state index in [-0.39, 0.29) is 0 Å². The van der Waals surface area contributed by atoms with Gasteiger partial charge in [-0.05, 0) is 10.9 Å². The highest BCUT2D eigenvalue weighted by atomic mass is 32.1. The number of hydrogen-bond acceptors (Lipinski definition) is 3. The van der Waals surface area contributed by atoms with Gasteiger partial charge in [-0.3, -0.25) is 4.79 Å². The first-order chi connectivity index (χ1) is 5.88. The Bertz CT molecular complexity index is 299. The van der Waals surface area contributed by atoms with Gasteiger partial charge in [-0.1, -0.05) is 12.2 Å². The molecule has 0 aliphatic carbocycles. The van der Waals surface area contributed by atoms with Crippen molar-refractivity contribution in [2.24, 2.45) is 0 Å². The summed E-state index contributed by atoms with van der Waals surface area (Å²) in [6, 6.07) is 0. The molecule has 0 aliphatic rings. The standard InChI is InChI=1S/C9H8O2S/c10-4-2-1-3-8-6-12-7-9(8)5-11/h1,3-7H,2H2. The van der Waals surface area contributed by atoms with E-state index in [9.17, 15) is 9.59 Å². The molecule has 0 saturated carbocycles. The molecular formula is C9H8O2S. The quantitative estimate of drug-likeness (QED) is 0.665. The van der Waals surface area contributed by atoms with Gasteiger partial charge in [0.1, 0.15) is 6.29 Å². The van der Waals surface area contributed by atoms with Crippen molar-refractivity contribution in [3.05, 3.63) is 28.0 Å². The second-order valence-electron chi connectivity index (χ2n) is 2.21. The fourth-order valence-corrected chi connectivity index (χ4v) is 1.57. The third-order valence-electron chi connectivity index (χ3n) is 1.38. The van der Waals surface area contributed by atoms with E-state index in [1.807, 2.05) is 5.38 Å². The van der Waals surface area contributed by atoms with Gasteiger partial charge in [0.05, 0.1) is 0 Å². The van der Waals surface area contributed by atoms with Crippen LogP contribution < -0.4 is 0 Å². The predicted molar refractivity (Wildman–Crippen MR) is 49.4 cm³/mol. The Balaban J connectivity index is 2.73. The molecule has 12 heavy (non-hydrogen) atoms. The minimum Gasteiger partial charge on any atom is -0.303 e. The van der Waals surface area contributed by atoms with E-state index in [1.165, 1.54) is 11.3 Å². The van der Waals surface area contributed by atoms with Crippen LogP contribution in [0.5, 0.6) is 0 Å². The molecule has 3 heteroatoms. The van der Waals surface area contributed by atoms with Gasteiger partial charge in [-0.25, -0.2) is 0 Å². The van der Waals surface area contributed by atoms with Gasteiger partial charge < -0.3 is 4.79 Å². The first-order valence-electron chi connectivity index (χ1n) is 3.50. The predicted octanol–water partition coefficient (Wildman–Crippen LogP) is 2.16. The molecule has 2 nitrogen and oxygen atoms in total. The van der Waals surface area contributed by atoms with Gasteiger partial charge in [-0.15, -0.1) is 0 Å². The third-order valence-corrected chi connectivity index (χ3v) is 2.16. The maximum absolute atomic E-state index is 10.4. The number of hydrogen-bond donors (Lipinski definition) is 0. The minimum atomic E-state index is 0.397. The lowest BCUT2D eigenvalue weighted by Gasteiger charge is -1.85. The molecule has 0 radical (unpaired) electrons. The van der Waals surface area contributed by atoms with Crippen LogP contribution in [0.4, 0.5) is 0 Å². The summed E-state index contributed by atoms with van der Waals surface area (Å²) in [5, 5.41) is 3.67. The second kappa shape index (κ2) is 4.62. The van der Waals surface area contributed by atoms with Crippen molar-refractivity contribution in [2.45, 2.75) is 6.42 Å². The van der Waals surface area contributed by atoms with Crippen LogP contribution in [0.15, 0.2) is 16.8 Å². The summed E-state index contributed by atoms with van der Waals surface area (Å²) in [6.07, 6.45) is 5.56. The molecule has 0 saturated heterocycles. The van der Waals surface area contributed by atoms with Crippen molar-refractivity contribution in [1.29, 1.82) is 0 Å². The van der Waals surface area contributed by atoms with Crippen molar-refractivity contribution < 1.29 is 9.59 Å². The number of carbonyl (C=O) groups is 2. The summed E-state index contributed by atoms with van der Waals surface area (Å²) >= 11 is 1.48. The van der Waals surface area contributed by atoms with E-state index in [1.54, 1.807) is 17.5 Å². The Hall–Kier alpha value is -1.22. The van der Waals surface area contributed by atoms with Crippen molar-refractivity contribution in [2.75, 3.05) is 0 Å². The Kier molecular flexibility index (Phi) is 3.41. The highest BCUT2D eigenvalue weighted by Crippen LogP contribution is 2.14. The van der Waals surface area contributed by atoms with Gasteiger partial charge >= 0.3 is 0 Å². The Morgan fingerprint density at radius 3 is 2.67 bits per heavy atom. The van der Waals surface area contributed by atoms with Gasteiger partial charge in [0, 0.05) is 17.4 Å². The van der Waals surface area contributed by atoms with Gasteiger partial charge in [-0.2, -0.15) is 11.3 Å². The van der Waals surface area contributed by atoms with Crippen LogP contribution in [0.1, 0.15) is 22.3 Å². The summed E-state index contributed by atoms with van der Waals surface area (Å²) in [5.74, 6) is 0. The zero-order valence-electron chi connectivity index (χ0n) is 6.40. The highest BCUT2D eigenvalue weighted by molar-refractivity contribution is 7.08. The van der Waals surface area contributed by atoms with Crippen molar-refractivity contribution >= 4 is 30.0 Å². The van der Waals surface area contributed by atoms with Crippen LogP contribution in [0, 0.1) is 0 Å². The number of thiophene rings is 1. The second-order valence-corrected chi connectivity index (χ2v) is 2.95. The van der Waals surface area contributed by atoms with Gasteiger partial charge in [0.25, 0.3) is 0 Å². The van der Waals surface area contributed by atoms with Gasteiger partial charge in [0.15, 0.2) is 6.29 Å². The van der Waals surface area contributed by atoms with E-state index < -0.39 is 0 Å². The lowest BCUT2D eigenvalue weighted by molar-refractivity contribution is -0.107. The number of allylic oxidation sites excluding steroid dienone is 1. The van der Waals surface area contributed by atoms with Crippen LogP contribution in [-0.4, -0.2) is 12.6 Å². The monoisotopic (exact) mass is 180 g/mol. The van der Waals surface area contributed by atoms with Crippen LogP contribution in [0.3, 0.4) is 0 Å². The summed E-state index contributed by atoms with van der Waals surface area (Å²) in [7, 11) is 0. The Morgan fingerprint density at radius 1 is 1.25 bits per heavy atom.